The summed E-state index contributed by atoms with van der Waals surface area (Å²) in [6.45, 7) is 3.69. The molecule has 3 saturated carbocycles. The molecule has 134 valence electrons. The van der Waals surface area contributed by atoms with Crippen molar-refractivity contribution in [2.24, 2.45) is 34.5 Å². The van der Waals surface area contributed by atoms with Crippen LogP contribution in [0.4, 0.5) is 4.39 Å². The van der Waals surface area contributed by atoms with Gasteiger partial charge in [0.1, 0.15) is 5.83 Å². The van der Waals surface area contributed by atoms with Gasteiger partial charge in [-0.3, -0.25) is 14.4 Å². The van der Waals surface area contributed by atoms with Crippen molar-refractivity contribution in [2.75, 3.05) is 6.61 Å². The largest absolute Gasteiger partial charge is 0.396 e. The number of fused-ring (bicyclic) bond motifs is 5. The number of ketones is 3. The van der Waals surface area contributed by atoms with Crippen LogP contribution in [-0.4, -0.2) is 29.1 Å². The van der Waals surface area contributed by atoms with E-state index in [1.54, 1.807) is 19.1 Å². The first-order valence-corrected chi connectivity index (χ1v) is 9.05. The molecular weight excluding hydrogens is 323 g/mol. The van der Waals surface area contributed by atoms with Crippen molar-refractivity contribution >= 4 is 17.3 Å². The van der Waals surface area contributed by atoms with Crippen molar-refractivity contribution in [3.05, 3.63) is 23.6 Å². The molecule has 0 aliphatic heterocycles. The summed E-state index contributed by atoms with van der Waals surface area (Å²) >= 11 is 0. The van der Waals surface area contributed by atoms with Crippen LogP contribution in [0.3, 0.4) is 0 Å². The smallest absolute Gasteiger partial charge is 0.264 e. The zero-order valence-electron chi connectivity index (χ0n) is 14.5. The normalized spacial score (nSPS) is 46.2. The lowest BCUT2D eigenvalue weighted by molar-refractivity contribution is -0.166. The van der Waals surface area contributed by atoms with Crippen molar-refractivity contribution in [2.45, 2.75) is 39.5 Å². The first kappa shape index (κ1) is 16.8. The molecule has 0 amide bonds. The van der Waals surface area contributed by atoms with E-state index in [2.05, 4.69) is 0 Å². The van der Waals surface area contributed by atoms with E-state index in [0.717, 1.165) is 18.4 Å². The summed E-state index contributed by atoms with van der Waals surface area (Å²) in [7, 11) is 0. The minimum Gasteiger partial charge on any atom is -0.396 e. The number of allylic oxidation sites excluding steroid dienone is 4. The Bertz CT molecular complexity index is 751. The second-order valence-corrected chi connectivity index (χ2v) is 8.65. The highest BCUT2D eigenvalue weighted by atomic mass is 19.1. The van der Waals surface area contributed by atoms with Gasteiger partial charge in [0.25, 0.3) is 5.78 Å². The Hall–Kier alpha value is -1.62. The van der Waals surface area contributed by atoms with E-state index in [9.17, 15) is 23.9 Å². The van der Waals surface area contributed by atoms with E-state index in [0.29, 0.717) is 6.42 Å². The maximum absolute atomic E-state index is 14.0. The number of aliphatic hydroxyl groups excluding tert-OH is 1. The van der Waals surface area contributed by atoms with Crippen LogP contribution in [0.2, 0.25) is 0 Å². The Balaban J connectivity index is 1.81. The monoisotopic (exact) mass is 346 g/mol. The van der Waals surface area contributed by atoms with E-state index in [1.807, 2.05) is 6.92 Å². The van der Waals surface area contributed by atoms with Crippen molar-refractivity contribution in [1.29, 1.82) is 0 Å². The lowest BCUT2D eigenvalue weighted by Crippen LogP contribution is -2.61. The Morgan fingerprint density at radius 3 is 2.64 bits per heavy atom. The zero-order valence-corrected chi connectivity index (χ0v) is 14.5. The maximum Gasteiger partial charge on any atom is 0.264 e. The summed E-state index contributed by atoms with van der Waals surface area (Å²) in [5, 5.41) is 9.92. The molecule has 0 saturated heterocycles. The van der Waals surface area contributed by atoms with Gasteiger partial charge in [-0.15, -0.1) is 0 Å². The fourth-order valence-corrected chi connectivity index (χ4v) is 6.21. The molecule has 0 heterocycles. The standard InChI is InChI=1S/C20H23FO4/c1-19-4-3-13-12(15(19)6-11(21)8-19)5-10(9-22)14-7-16(23)17(24)18(25)20(13,14)2/h6,8,10,12-14,22H,3-5,7,9H2,1-2H3. The molecular formula is C20H23FO4. The molecule has 6 atom stereocenters. The molecule has 25 heavy (non-hydrogen) atoms. The predicted molar refractivity (Wildman–Crippen MR) is 88.0 cm³/mol. The number of halogens is 1. The van der Waals surface area contributed by atoms with Gasteiger partial charge in [0.2, 0.25) is 11.6 Å². The van der Waals surface area contributed by atoms with E-state index >= 15 is 0 Å². The quantitative estimate of drug-likeness (QED) is 0.741. The molecule has 4 aliphatic rings. The van der Waals surface area contributed by atoms with Gasteiger partial charge < -0.3 is 5.11 Å². The Labute approximate surface area is 146 Å². The maximum atomic E-state index is 14.0. The fourth-order valence-electron chi connectivity index (χ4n) is 6.21. The average molecular weight is 346 g/mol. The van der Waals surface area contributed by atoms with Gasteiger partial charge in [0, 0.05) is 23.9 Å². The van der Waals surface area contributed by atoms with E-state index in [1.165, 1.54) is 0 Å². The highest BCUT2D eigenvalue weighted by Gasteiger charge is 2.63. The summed E-state index contributed by atoms with van der Waals surface area (Å²) in [6, 6.07) is 0. The third-order valence-electron chi connectivity index (χ3n) is 7.52. The van der Waals surface area contributed by atoms with Gasteiger partial charge in [-0.1, -0.05) is 19.4 Å². The number of carbonyl (C=O) groups is 3. The lowest BCUT2D eigenvalue weighted by Gasteiger charge is -2.58. The molecule has 4 aliphatic carbocycles. The number of hydrogen-bond donors (Lipinski definition) is 1. The van der Waals surface area contributed by atoms with Gasteiger partial charge >= 0.3 is 0 Å². The number of aliphatic hydroxyl groups is 1. The third kappa shape index (κ3) is 2.05. The summed E-state index contributed by atoms with van der Waals surface area (Å²) in [4.78, 5) is 37.0. The molecule has 4 nitrogen and oxygen atoms in total. The number of hydrogen-bond acceptors (Lipinski definition) is 4. The summed E-state index contributed by atoms with van der Waals surface area (Å²) in [5.41, 5.74) is -0.300. The van der Waals surface area contributed by atoms with Crippen LogP contribution in [0.25, 0.3) is 0 Å². The highest BCUT2D eigenvalue weighted by molar-refractivity contribution is 6.65. The van der Waals surface area contributed by atoms with Gasteiger partial charge in [-0.25, -0.2) is 4.39 Å². The molecule has 0 aromatic rings. The second-order valence-electron chi connectivity index (χ2n) is 8.65. The van der Waals surface area contributed by atoms with Crippen molar-refractivity contribution < 1.29 is 23.9 Å². The molecule has 5 heteroatoms. The zero-order chi connectivity index (χ0) is 18.1. The minimum atomic E-state index is -0.942. The first-order chi connectivity index (χ1) is 11.7. The number of carbonyl (C=O) groups excluding carboxylic acids is 3. The Kier molecular flexibility index (Phi) is 3.50. The average Bonchev–Trinajstić information content (AvgIpc) is 2.88. The third-order valence-corrected chi connectivity index (χ3v) is 7.52. The van der Waals surface area contributed by atoms with Crippen molar-refractivity contribution in [3.63, 3.8) is 0 Å². The van der Waals surface area contributed by atoms with Crippen LogP contribution < -0.4 is 0 Å². The fraction of sp³-hybridized carbons (Fsp3) is 0.650. The molecule has 0 aromatic heterocycles. The summed E-state index contributed by atoms with van der Waals surface area (Å²) in [6.07, 6.45) is 5.36. The van der Waals surface area contributed by atoms with Gasteiger partial charge in [-0.2, -0.15) is 0 Å². The van der Waals surface area contributed by atoms with E-state index in [4.69, 9.17) is 0 Å². The molecule has 4 rings (SSSR count). The van der Waals surface area contributed by atoms with Crippen LogP contribution in [0.1, 0.15) is 39.5 Å². The Morgan fingerprint density at radius 1 is 1.24 bits per heavy atom. The van der Waals surface area contributed by atoms with Crippen molar-refractivity contribution in [1.82, 2.24) is 0 Å². The van der Waals surface area contributed by atoms with Gasteiger partial charge in [0.15, 0.2) is 0 Å². The number of rotatable bonds is 1. The summed E-state index contributed by atoms with van der Waals surface area (Å²) < 4.78 is 14.0. The SMILES string of the molecule is CC12C=C(F)C=C1C1CC(CO)C3CC(=O)C(=O)C(=O)C3(C)C1CC2. The molecule has 0 aromatic carbocycles. The van der Waals surface area contributed by atoms with Gasteiger partial charge in [0.05, 0.1) is 0 Å². The molecule has 6 unspecified atom stereocenters. The van der Waals surface area contributed by atoms with Crippen LogP contribution >= 0.6 is 0 Å². The molecule has 0 spiro atoms. The molecule has 1 N–H and O–H groups in total. The van der Waals surface area contributed by atoms with E-state index in [-0.39, 0.29) is 47.9 Å². The molecule has 0 radical (unpaired) electrons. The van der Waals surface area contributed by atoms with Crippen molar-refractivity contribution in [3.8, 4) is 0 Å². The summed E-state index contributed by atoms with van der Waals surface area (Å²) in [5.74, 6) is -3.01. The predicted octanol–water partition coefficient (Wildman–Crippen LogP) is 2.56. The molecule has 3 fully saturated rings. The lowest BCUT2D eigenvalue weighted by atomic mass is 9.44. The van der Waals surface area contributed by atoms with Gasteiger partial charge in [-0.05, 0) is 55.1 Å². The number of Topliss-reactive ketones (excluding diaryl/α,β-unsaturated/α-hetero) is 3. The topological polar surface area (TPSA) is 71.4 Å². The van der Waals surface area contributed by atoms with Crippen LogP contribution in [0, 0.1) is 34.5 Å². The Morgan fingerprint density at radius 2 is 1.96 bits per heavy atom. The first-order valence-electron chi connectivity index (χ1n) is 9.05. The highest BCUT2D eigenvalue weighted by Crippen LogP contribution is 2.64. The minimum absolute atomic E-state index is 0.0356. The van der Waals surface area contributed by atoms with Crippen LogP contribution in [0.5, 0.6) is 0 Å². The van der Waals surface area contributed by atoms with Crippen LogP contribution in [0.15, 0.2) is 23.6 Å². The second kappa shape index (κ2) is 5.19. The molecule has 0 bridgehead atoms. The van der Waals surface area contributed by atoms with E-state index < -0.39 is 22.8 Å². The van der Waals surface area contributed by atoms with Crippen LogP contribution in [-0.2, 0) is 14.4 Å².